The molecule has 1 fully saturated rings. The van der Waals surface area contributed by atoms with Gasteiger partial charge in [-0.3, -0.25) is 4.79 Å². The largest absolute Gasteiger partial charge is 0.477 e. The number of halogens is 5. The molecule has 0 bridgehead atoms. The highest BCUT2D eigenvalue weighted by Crippen LogP contribution is 2.27. The van der Waals surface area contributed by atoms with Crippen LogP contribution < -0.4 is 10.1 Å². The second kappa shape index (κ2) is 11.1. The van der Waals surface area contributed by atoms with Crippen molar-refractivity contribution in [3.63, 3.8) is 0 Å². The zero-order valence-electron chi connectivity index (χ0n) is 17.6. The van der Waals surface area contributed by atoms with E-state index in [0.29, 0.717) is 11.2 Å². The third-order valence-electron chi connectivity index (χ3n) is 4.68. The molecule has 3 rings (SSSR count). The van der Waals surface area contributed by atoms with Crippen molar-refractivity contribution in [2.75, 3.05) is 24.7 Å². The number of hydrogen-bond acceptors (Lipinski definition) is 6. The molecule has 2 aromatic rings. The summed E-state index contributed by atoms with van der Waals surface area (Å²) in [6.45, 7) is 0.488. The van der Waals surface area contributed by atoms with Crippen molar-refractivity contribution in [1.82, 2.24) is 19.9 Å². The van der Waals surface area contributed by atoms with Crippen molar-refractivity contribution in [3.05, 3.63) is 18.0 Å². The Hall–Kier alpha value is -2.15. The first-order valence-electron chi connectivity index (χ1n) is 9.76. The highest BCUT2D eigenvalue weighted by atomic mass is 32.2. The first-order valence-corrected chi connectivity index (χ1v) is 10.9. The molecule has 180 valence electrons. The van der Waals surface area contributed by atoms with Crippen LogP contribution in [0.1, 0.15) is 36.8 Å². The van der Waals surface area contributed by atoms with Crippen molar-refractivity contribution in [2.45, 2.75) is 44.3 Å². The molecule has 3 heterocycles. The maximum atomic E-state index is 12.7. The summed E-state index contributed by atoms with van der Waals surface area (Å²) in [5.74, 6) is 1.99. The molecule has 0 unspecified atom stereocenters. The van der Waals surface area contributed by atoms with Gasteiger partial charge in [-0.1, -0.05) is 0 Å². The summed E-state index contributed by atoms with van der Waals surface area (Å²) in [5, 5.41) is 10.5. The number of carbonyl (C=O) groups is 1. The van der Waals surface area contributed by atoms with E-state index in [1.165, 1.54) is 10.6 Å². The Bertz CT molecular complexity index is 901. The first-order chi connectivity index (χ1) is 14.9. The number of aliphatic hydroxyl groups is 1. The van der Waals surface area contributed by atoms with Gasteiger partial charge in [0.05, 0.1) is 13.0 Å². The molecule has 13 heteroatoms. The van der Waals surface area contributed by atoms with Gasteiger partial charge in [0.15, 0.2) is 5.65 Å². The highest BCUT2D eigenvalue weighted by molar-refractivity contribution is 7.99. The van der Waals surface area contributed by atoms with Gasteiger partial charge in [-0.05, 0) is 37.3 Å². The van der Waals surface area contributed by atoms with Gasteiger partial charge in [-0.25, -0.2) is 13.8 Å². The lowest BCUT2D eigenvalue weighted by atomic mass is 9.95. The van der Waals surface area contributed by atoms with E-state index in [0.717, 1.165) is 24.3 Å². The monoisotopic (exact) mass is 484 g/mol. The number of alkyl halides is 5. The second-order valence-corrected chi connectivity index (χ2v) is 8.63. The molecule has 1 aliphatic heterocycles. The third-order valence-corrected chi connectivity index (χ3v) is 5.66. The quantitative estimate of drug-likeness (QED) is 0.610. The van der Waals surface area contributed by atoms with Crippen LogP contribution in [0.4, 0.5) is 22.0 Å². The summed E-state index contributed by atoms with van der Waals surface area (Å²) in [6, 6.07) is 3.04. The molecule has 1 saturated heterocycles. The summed E-state index contributed by atoms with van der Waals surface area (Å²) in [4.78, 5) is 21.2. The average molecular weight is 484 g/mol. The van der Waals surface area contributed by atoms with Crippen molar-refractivity contribution < 1.29 is 36.6 Å². The van der Waals surface area contributed by atoms with Crippen LogP contribution >= 0.6 is 11.8 Å². The normalized spacial score (nSPS) is 15.9. The Labute approximate surface area is 185 Å². The summed E-state index contributed by atoms with van der Waals surface area (Å²) in [6.07, 6.45) is -6.11. The molecular weight excluding hydrogens is 459 g/mol. The van der Waals surface area contributed by atoms with Crippen LogP contribution in [0.3, 0.4) is 0 Å². The zero-order valence-corrected chi connectivity index (χ0v) is 18.4. The Kier molecular flexibility index (Phi) is 9.08. The van der Waals surface area contributed by atoms with Gasteiger partial charge < -0.3 is 19.7 Å². The van der Waals surface area contributed by atoms with Crippen LogP contribution in [0.25, 0.3) is 11.2 Å². The van der Waals surface area contributed by atoms with Crippen molar-refractivity contribution in [2.24, 2.45) is 7.05 Å². The fraction of sp³-hybridized carbons (Fsp3) is 0.632. The topological polar surface area (TPSA) is 89.3 Å². The SMILES string of the molecule is Cn1c(C(=O)NC2(C)CCSCC2)nc2ccc(OCCC(F)(F)F)nc21.OCC(F)F. The van der Waals surface area contributed by atoms with E-state index >= 15 is 0 Å². The molecule has 0 aromatic carbocycles. The fourth-order valence-corrected chi connectivity index (χ4v) is 4.27. The number of aliphatic hydroxyl groups excluding tert-OH is 1. The van der Waals surface area contributed by atoms with Crippen LogP contribution in [-0.4, -0.2) is 68.4 Å². The van der Waals surface area contributed by atoms with Crippen LogP contribution in [0, 0.1) is 0 Å². The number of nitrogens with zero attached hydrogens (tertiary/aromatic N) is 3. The number of ether oxygens (including phenoxy) is 1. The molecule has 1 aliphatic rings. The van der Waals surface area contributed by atoms with Gasteiger partial charge in [-0.15, -0.1) is 0 Å². The van der Waals surface area contributed by atoms with E-state index in [1.807, 2.05) is 18.7 Å². The molecule has 1 amide bonds. The Morgan fingerprint density at radius 2 is 1.94 bits per heavy atom. The molecule has 0 atom stereocenters. The molecular formula is C19H25F5N4O3S. The fourth-order valence-electron chi connectivity index (χ4n) is 2.88. The van der Waals surface area contributed by atoms with Crippen molar-refractivity contribution in [1.29, 1.82) is 0 Å². The molecule has 32 heavy (non-hydrogen) atoms. The van der Waals surface area contributed by atoms with Crippen molar-refractivity contribution in [3.8, 4) is 5.88 Å². The number of aryl methyl sites for hydroxylation is 1. The standard InChI is InChI=1S/C17H21F3N4O2S.C2H4F2O/c1-16(6-9-27-10-7-16)23-15(25)14-21-11-3-4-12(22-13(11)24(14)2)26-8-5-17(18,19)20;3-2(4)1-5/h3-4H,5-10H2,1-2H3,(H,23,25);2,5H,1H2. The van der Waals surface area contributed by atoms with Gasteiger partial charge >= 0.3 is 6.18 Å². The minimum atomic E-state index is -4.28. The van der Waals surface area contributed by atoms with Crippen LogP contribution in [0.15, 0.2) is 12.1 Å². The van der Waals surface area contributed by atoms with Crippen molar-refractivity contribution >= 4 is 28.8 Å². The maximum Gasteiger partial charge on any atom is 0.392 e. The van der Waals surface area contributed by atoms with Crippen LogP contribution in [0.2, 0.25) is 0 Å². The number of thioether (sulfide) groups is 1. The summed E-state index contributed by atoms with van der Waals surface area (Å²) >= 11 is 1.87. The van der Waals surface area contributed by atoms with E-state index in [-0.39, 0.29) is 23.2 Å². The molecule has 0 aliphatic carbocycles. The van der Waals surface area contributed by atoms with Crippen LogP contribution in [-0.2, 0) is 7.05 Å². The van der Waals surface area contributed by atoms with E-state index in [2.05, 4.69) is 15.3 Å². The number of pyridine rings is 1. The highest BCUT2D eigenvalue weighted by Gasteiger charge is 2.31. The van der Waals surface area contributed by atoms with E-state index in [9.17, 15) is 26.7 Å². The Morgan fingerprint density at radius 3 is 2.50 bits per heavy atom. The lowest BCUT2D eigenvalue weighted by molar-refractivity contribution is -0.139. The van der Waals surface area contributed by atoms with E-state index in [1.54, 1.807) is 13.1 Å². The minimum absolute atomic E-state index is 0.0676. The Balaban J connectivity index is 0.000000654. The van der Waals surface area contributed by atoms with Gasteiger partial charge in [0.2, 0.25) is 11.7 Å². The number of nitrogens with one attached hydrogen (secondary N) is 1. The van der Waals surface area contributed by atoms with E-state index < -0.39 is 32.2 Å². The number of imidazole rings is 1. The lowest BCUT2D eigenvalue weighted by Crippen LogP contribution is -2.48. The van der Waals surface area contributed by atoms with E-state index in [4.69, 9.17) is 9.84 Å². The number of amides is 1. The number of carbonyl (C=O) groups excluding carboxylic acids is 1. The number of hydrogen-bond donors (Lipinski definition) is 2. The predicted molar refractivity (Wildman–Crippen MR) is 110 cm³/mol. The molecule has 0 spiro atoms. The lowest BCUT2D eigenvalue weighted by Gasteiger charge is -2.34. The van der Waals surface area contributed by atoms with Gasteiger partial charge in [0, 0.05) is 18.7 Å². The van der Waals surface area contributed by atoms with Gasteiger partial charge in [0.1, 0.15) is 12.1 Å². The third kappa shape index (κ3) is 7.76. The first kappa shape index (κ1) is 26.1. The smallest absolute Gasteiger partial charge is 0.392 e. The number of aromatic nitrogens is 3. The zero-order chi connectivity index (χ0) is 23.9. The molecule has 7 nitrogen and oxygen atoms in total. The van der Waals surface area contributed by atoms with Crippen LogP contribution in [0.5, 0.6) is 5.88 Å². The number of rotatable bonds is 6. The molecule has 2 aromatic heterocycles. The summed E-state index contributed by atoms with van der Waals surface area (Å²) < 4.78 is 64.3. The predicted octanol–water partition coefficient (Wildman–Crippen LogP) is 3.56. The summed E-state index contributed by atoms with van der Waals surface area (Å²) in [7, 11) is 1.65. The second-order valence-electron chi connectivity index (χ2n) is 7.40. The molecule has 2 N–H and O–H groups in total. The van der Waals surface area contributed by atoms with Gasteiger partial charge in [0.25, 0.3) is 12.3 Å². The Morgan fingerprint density at radius 1 is 1.31 bits per heavy atom. The minimum Gasteiger partial charge on any atom is -0.477 e. The molecule has 0 saturated carbocycles. The average Bonchev–Trinajstić information content (AvgIpc) is 3.04. The number of fused-ring (bicyclic) bond motifs is 1. The van der Waals surface area contributed by atoms with Gasteiger partial charge in [-0.2, -0.15) is 29.9 Å². The molecule has 0 radical (unpaired) electrons. The maximum absolute atomic E-state index is 12.7. The summed E-state index contributed by atoms with van der Waals surface area (Å²) in [5.41, 5.74) is 0.601.